The summed E-state index contributed by atoms with van der Waals surface area (Å²) in [6.07, 6.45) is 7.52. The summed E-state index contributed by atoms with van der Waals surface area (Å²) < 4.78 is 0. The minimum Gasteiger partial charge on any atom is -0.505 e. The number of amides is 1. The molecule has 1 aliphatic carbocycles. The predicted octanol–water partition coefficient (Wildman–Crippen LogP) is 5.51. The molecule has 4 rings (SSSR count). The van der Waals surface area contributed by atoms with E-state index in [9.17, 15) is 15.0 Å². The number of nitrogens with one attached hydrogen (secondary N) is 2. The highest BCUT2D eigenvalue weighted by molar-refractivity contribution is 6.08. The van der Waals surface area contributed by atoms with E-state index in [0.717, 1.165) is 5.56 Å². The number of carbonyl (C=O) groups is 1. The van der Waals surface area contributed by atoms with Crippen LogP contribution in [-0.4, -0.2) is 21.1 Å². The monoisotopic (exact) mass is 404 g/mol. The maximum atomic E-state index is 12.7. The van der Waals surface area contributed by atoms with Crippen molar-refractivity contribution in [2.24, 2.45) is 0 Å². The van der Waals surface area contributed by atoms with Crippen LogP contribution in [0.3, 0.4) is 0 Å². The molecule has 5 heteroatoms. The van der Waals surface area contributed by atoms with Crippen molar-refractivity contribution in [2.75, 3.05) is 5.32 Å². The maximum Gasteiger partial charge on any atom is 0.264 e. The summed E-state index contributed by atoms with van der Waals surface area (Å²) in [6.45, 7) is 0. The number of hydrogen-bond acceptors (Lipinski definition) is 3. The lowest BCUT2D eigenvalue weighted by Crippen LogP contribution is -2.12. The van der Waals surface area contributed by atoms with Gasteiger partial charge in [0.2, 0.25) is 5.88 Å². The first-order valence-corrected chi connectivity index (χ1v) is 10.7. The third kappa shape index (κ3) is 4.51. The second-order valence-electron chi connectivity index (χ2n) is 8.07. The molecule has 1 saturated carbocycles. The number of aromatic amines is 1. The van der Waals surface area contributed by atoms with Gasteiger partial charge in [-0.3, -0.25) is 4.79 Å². The van der Waals surface area contributed by atoms with Crippen molar-refractivity contribution in [2.45, 2.75) is 50.9 Å². The van der Waals surface area contributed by atoms with Gasteiger partial charge >= 0.3 is 0 Å². The summed E-state index contributed by atoms with van der Waals surface area (Å²) in [4.78, 5) is 15.4. The Morgan fingerprint density at radius 3 is 2.33 bits per heavy atom. The number of rotatable bonds is 6. The molecule has 5 nitrogen and oxygen atoms in total. The number of benzene rings is 2. The molecule has 0 bridgehead atoms. The highest BCUT2D eigenvalue weighted by atomic mass is 16.3. The molecule has 2 aromatic carbocycles. The van der Waals surface area contributed by atoms with Crippen LogP contribution in [0.25, 0.3) is 0 Å². The fourth-order valence-electron chi connectivity index (χ4n) is 4.31. The Bertz CT molecular complexity index is 987. The zero-order valence-corrected chi connectivity index (χ0v) is 17.0. The van der Waals surface area contributed by atoms with E-state index in [0.29, 0.717) is 30.1 Å². The number of aromatic nitrogens is 1. The van der Waals surface area contributed by atoms with Gasteiger partial charge in [0.15, 0.2) is 5.75 Å². The van der Waals surface area contributed by atoms with Crippen LogP contribution in [-0.2, 0) is 12.8 Å². The van der Waals surface area contributed by atoms with E-state index in [1.165, 1.54) is 37.7 Å². The molecule has 1 fully saturated rings. The molecule has 1 aromatic heterocycles. The highest BCUT2D eigenvalue weighted by Crippen LogP contribution is 2.34. The minimum atomic E-state index is -0.530. The smallest absolute Gasteiger partial charge is 0.264 e. The van der Waals surface area contributed by atoms with Crippen molar-refractivity contribution in [3.05, 3.63) is 77.0 Å². The first-order valence-electron chi connectivity index (χ1n) is 10.7. The van der Waals surface area contributed by atoms with Crippen molar-refractivity contribution in [3.63, 3.8) is 0 Å². The van der Waals surface area contributed by atoms with E-state index in [1.54, 1.807) is 0 Å². The maximum absolute atomic E-state index is 12.7. The average Bonchev–Trinajstić information content (AvgIpc) is 3.07. The highest BCUT2D eigenvalue weighted by Gasteiger charge is 2.23. The Balaban J connectivity index is 1.42. The topological polar surface area (TPSA) is 85.4 Å². The SMILES string of the molecule is O=C(Nc1ccc(C2CCCCC2)cc1)c1c(O)[nH]c(CCc2ccccc2)c1O. The van der Waals surface area contributed by atoms with Crippen molar-refractivity contribution in [1.29, 1.82) is 0 Å². The molecule has 156 valence electrons. The van der Waals surface area contributed by atoms with Gasteiger partial charge in [-0.05, 0) is 54.9 Å². The van der Waals surface area contributed by atoms with Crippen LogP contribution in [0.2, 0.25) is 0 Å². The Morgan fingerprint density at radius 1 is 0.933 bits per heavy atom. The zero-order valence-electron chi connectivity index (χ0n) is 17.0. The number of hydrogen-bond donors (Lipinski definition) is 4. The molecule has 0 radical (unpaired) electrons. The molecule has 4 N–H and O–H groups in total. The van der Waals surface area contributed by atoms with Crippen LogP contribution >= 0.6 is 0 Å². The van der Waals surface area contributed by atoms with E-state index >= 15 is 0 Å². The third-order valence-electron chi connectivity index (χ3n) is 6.01. The summed E-state index contributed by atoms with van der Waals surface area (Å²) in [6, 6.07) is 17.8. The van der Waals surface area contributed by atoms with Crippen LogP contribution < -0.4 is 5.32 Å². The van der Waals surface area contributed by atoms with Gasteiger partial charge in [-0.25, -0.2) is 0 Å². The zero-order chi connectivity index (χ0) is 20.9. The van der Waals surface area contributed by atoms with Gasteiger partial charge < -0.3 is 20.5 Å². The fraction of sp³-hybridized carbons (Fsp3) is 0.320. The van der Waals surface area contributed by atoms with Gasteiger partial charge in [0.1, 0.15) is 5.56 Å². The lowest BCUT2D eigenvalue weighted by Gasteiger charge is -2.22. The van der Waals surface area contributed by atoms with Crippen LogP contribution in [0, 0.1) is 0 Å². The molecule has 3 aromatic rings. The van der Waals surface area contributed by atoms with Crippen LogP contribution in [0.4, 0.5) is 5.69 Å². The molecular formula is C25H28N2O3. The molecule has 30 heavy (non-hydrogen) atoms. The minimum absolute atomic E-state index is 0.116. The molecule has 0 unspecified atom stereocenters. The Morgan fingerprint density at radius 2 is 1.63 bits per heavy atom. The fourth-order valence-corrected chi connectivity index (χ4v) is 4.31. The van der Waals surface area contributed by atoms with E-state index < -0.39 is 5.91 Å². The van der Waals surface area contributed by atoms with Crippen molar-refractivity contribution in [1.82, 2.24) is 4.98 Å². The molecule has 0 saturated heterocycles. The quantitative estimate of drug-likeness (QED) is 0.437. The summed E-state index contributed by atoms with van der Waals surface area (Å²) in [5.41, 5.74) is 3.41. The third-order valence-corrected chi connectivity index (χ3v) is 6.01. The summed E-state index contributed by atoms with van der Waals surface area (Å²) >= 11 is 0. The lowest BCUT2D eigenvalue weighted by molar-refractivity contribution is 0.102. The van der Waals surface area contributed by atoms with Crippen LogP contribution in [0.5, 0.6) is 11.6 Å². The first-order chi connectivity index (χ1) is 14.6. The summed E-state index contributed by atoms with van der Waals surface area (Å²) in [5, 5.41) is 23.5. The van der Waals surface area contributed by atoms with E-state index in [2.05, 4.69) is 22.4 Å². The Labute approximate surface area is 176 Å². The lowest BCUT2D eigenvalue weighted by atomic mass is 9.84. The molecule has 1 aliphatic rings. The number of H-pyrrole nitrogens is 1. The first kappa shape index (κ1) is 20.1. The van der Waals surface area contributed by atoms with Crippen LogP contribution in [0.1, 0.15) is 65.2 Å². The number of aryl methyl sites for hydroxylation is 2. The van der Waals surface area contributed by atoms with Crippen molar-refractivity contribution >= 4 is 11.6 Å². The summed E-state index contributed by atoms with van der Waals surface area (Å²) in [5.74, 6) is -0.433. The van der Waals surface area contributed by atoms with Gasteiger partial charge in [-0.15, -0.1) is 0 Å². The van der Waals surface area contributed by atoms with Gasteiger partial charge in [0.25, 0.3) is 5.91 Å². The second-order valence-corrected chi connectivity index (χ2v) is 8.07. The molecule has 0 aliphatic heterocycles. The predicted molar refractivity (Wildman–Crippen MR) is 118 cm³/mol. The number of aromatic hydroxyl groups is 2. The van der Waals surface area contributed by atoms with E-state index in [4.69, 9.17) is 0 Å². The molecule has 0 atom stereocenters. The van der Waals surface area contributed by atoms with E-state index in [-0.39, 0.29) is 17.2 Å². The largest absolute Gasteiger partial charge is 0.505 e. The second kappa shape index (κ2) is 9.08. The van der Waals surface area contributed by atoms with E-state index in [1.807, 2.05) is 42.5 Å². The molecule has 1 amide bonds. The Kier molecular flexibility index (Phi) is 6.07. The number of anilines is 1. The molecule has 1 heterocycles. The Hall–Kier alpha value is -3.21. The molecule has 0 spiro atoms. The van der Waals surface area contributed by atoms with Crippen molar-refractivity contribution in [3.8, 4) is 11.6 Å². The van der Waals surface area contributed by atoms with Crippen LogP contribution in [0.15, 0.2) is 54.6 Å². The van der Waals surface area contributed by atoms with Gasteiger partial charge in [-0.1, -0.05) is 61.7 Å². The number of carbonyl (C=O) groups excluding carboxylic acids is 1. The standard InChI is InChI=1S/C25H28N2O3/c28-23-21(16-11-17-7-3-1-4-8-17)27-25(30)22(23)24(29)26-20-14-12-19(13-15-20)18-9-5-2-6-10-18/h1,3-4,7-8,12-15,18,27-28,30H,2,5-6,9-11,16H2,(H,26,29). The molecular weight excluding hydrogens is 376 g/mol. The van der Waals surface area contributed by atoms with Gasteiger partial charge in [0, 0.05) is 5.69 Å². The normalized spacial score (nSPS) is 14.5. The van der Waals surface area contributed by atoms with Gasteiger partial charge in [0.05, 0.1) is 5.69 Å². The average molecular weight is 405 g/mol. The van der Waals surface area contributed by atoms with Gasteiger partial charge in [-0.2, -0.15) is 0 Å². The van der Waals surface area contributed by atoms with Crippen molar-refractivity contribution < 1.29 is 15.0 Å². The summed E-state index contributed by atoms with van der Waals surface area (Å²) in [7, 11) is 0.